The fourth-order valence-electron chi connectivity index (χ4n) is 2.60. The third kappa shape index (κ3) is 3.25. The molecular weight excluding hydrogens is 354 g/mol. The number of aromatic nitrogens is 4. The molecule has 3 heterocycles. The Kier molecular flexibility index (Phi) is 4.53. The second-order valence-electron chi connectivity index (χ2n) is 5.53. The van der Waals surface area contributed by atoms with E-state index < -0.39 is 0 Å². The summed E-state index contributed by atoms with van der Waals surface area (Å²) < 4.78 is 14.4. The molecule has 0 saturated carbocycles. The average Bonchev–Trinajstić information content (AvgIpc) is 3.38. The Morgan fingerprint density at radius 3 is 2.85 bits per heavy atom. The van der Waals surface area contributed by atoms with Crippen molar-refractivity contribution in [1.82, 2.24) is 19.5 Å². The van der Waals surface area contributed by atoms with E-state index in [-0.39, 0.29) is 18.5 Å². The number of ether oxygens (including phenoxy) is 2. The van der Waals surface area contributed by atoms with Crippen LogP contribution >= 0.6 is 11.8 Å². The van der Waals surface area contributed by atoms with Gasteiger partial charge >= 0.3 is 0 Å². The standard InChI is InChI=1S/C17H17N5O3S/c1-2-15-19-20-17(22(15)21-7-3-4-8-21)26-10-16(23)18-12-5-6-13-14(9-12)25-11-24-13/h3-9H,2,10-11H2,1H3,(H,18,23). The first-order valence-electron chi connectivity index (χ1n) is 8.15. The van der Waals surface area contributed by atoms with Gasteiger partial charge in [-0.3, -0.25) is 9.47 Å². The summed E-state index contributed by atoms with van der Waals surface area (Å²) in [6, 6.07) is 9.18. The van der Waals surface area contributed by atoms with E-state index in [0.29, 0.717) is 22.3 Å². The van der Waals surface area contributed by atoms with Gasteiger partial charge in [-0.25, -0.2) is 4.68 Å². The number of carbonyl (C=O) groups is 1. The van der Waals surface area contributed by atoms with Crippen molar-refractivity contribution in [3.05, 3.63) is 48.5 Å². The highest BCUT2D eigenvalue weighted by atomic mass is 32.2. The average molecular weight is 371 g/mol. The van der Waals surface area contributed by atoms with Gasteiger partial charge in [-0.2, -0.15) is 0 Å². The third-order valence-corrected chi connectivity index (χ3v) is 4.72. The van der Waals surface area contributed by atoms with E-state index in [0.717, 1.165) is 12.2 Å². The molecule has 2 aromatic heterocycles. The van der Waals surface area contributed by atoms with E-state index in [9.17, 15) is 4.79 Å². The van der Waals surface area contributed by atoms with Crippen molar-refractivity contribution in [2.75, 3.05) is 17.9 Å². The summed E-state index contributed by atoms with van der Waals surface area (Å²) in [6.45, 7) is 2.22. The second-order valence-corrected chi connectivity index (χ2v) is 6.47. The van der Waals surface area contributed by atoms with Gasteiger partial charge in [-0.05, 0) is 24.3 Å². The van der Waals surface area contributed by atoms with Crippen molar-refractivity contribution in [2.24, 2.45) is 0 Å². The number of amides is 1. The van der Waals surface area contributed by atoms with Crippen molar-refractivity contribution in [3.63, 3.8) is 0 Å². The summed E-state index contributed by atoms with van der Waals surface area (Å²) in [5, 5.41) is 11.9. The smallest absolute Gasteiger partial charge is 0.234 e. The lowest BCUT2D eigenvalue weighted by atomic mass is 10.3. The van der Waals surface area contributed by atoms with Crippen molar-refractivity contribution in [1.29, 1.82) is 0 Å². The molecule has 0 fully saturated rings. The maximum atomic E-state index is 12.3. The predicted molar refractivity (Wildman–Crippen MR) is 96.5 cm³/mol. The molecule has 1 amide bonds. The molecule has 4 rings (SSSR count). The molecule has 0 saturated heterocycles. The van der Waals surface area contributed by atoms with Crippen LogP contribution in [0.3, 0.4) is 0 Å². The van der Waals surface area contributed by atoms with Gasteiger partial charge in [0.15, 0.2) is 17.3 Å². The van der Waals surface area contributed by atoms with Gasteiger partial charge in [-0.1, -0.05) is 18.7 Å². The first kappa shape index (κ1) is 16.5. The van der Waals surface area contributed by atoms with E-state index in [4.69, 9.17) is 9.47 Å². The zero-order valence-electron chi connectivity index (χ0n) is 14.1. The zero-order chi connectivity index (χ0) is 17.9. The van der Waals surface area contributed by atoms with E-state index in [2.05, 4.69) is 15.5 Å². The summed E-state index contributed by atoms with van der Waals surface area (Å²) in [6.07, 6.45) is 4.58. The number of rotatable bonds is 6. The molecule has 0 radical (unpaired) electrons. The van der Waals surface area contributed by atoms with E-state index >= 15 is 0 Å². The second kappa shape index (κ2) is 7.12. The SMILES string of the molecule is CCc1nnc(SCC(=O)Nc2ccc3c(c2)OCO3)n1-n1cccc1. The van der Waals surface area contributed by atoms with Crippen LogP contribution in [0.2, 0.25) is 0 Å². The molecule has 0 atom stereocenters. The van der Waals surface area contributed by atoms with Crippen LogP contribution in [0.15, 0.2) is 47.9 Å². The van der Waals surface area contributed by atoms with Gasteiger partial charge in [0.05, 0.1) is 5.75 Å². The zero-order valence-corrected chi connectivity index (χ0v) is 14.9. The fourth-order valence-corrected chi connectivity index (χ4v) is 3.35. The van der Waals surface area contributed by atoms with Crippen molar-refractivity contribution in [2.45, 2.75) is 18.5 Å². The molecule has 1 aliphatic heterocycles. The number of benzene rings is 1. The van der Waals surface area contributed by atoms with Gasteiger partial charge in [0.25, 0.3) is 0 Å². The molecule has 1 aromatic carbocycles. The molecule has 3 aromatic rings. The Balaban J connectivity index is 1.43. The number of nitrogens with zero attached hydrogens (tertiary/aromatic N) is 4. The molecule has 1 N–H and O–H groups in total. The van der Waals surface area contributed by atoms with Crippen LogP contribution < -0.4 is 14.8 Å². The van der Waals surface area contributed by atoms with Crippen molar-refractivity contribution >= 4 is 23.4 Å². The lowest BCUT2D eigenvalue weighted by Gasteiger charge is -2.10. The number of thioether (sulfide) groups is 1. The Bertz CT molecular complexity index is 923. The normalized spacial score (nSPS) is 12.3. The van der Waals surface area contributed by atoms with Crippen LogP contribution in [0.1, 0.15) is 12.7 Å². The van der Waals surface area contributed by atoms with Crippen molar-refractivity contribution in [3.8, 4) is 11.5 Å². The first-order chi connectivity index (χ1) is 12.7. The van der Waals surface area contributed by atoms with Crippen LogP contribution in [-0.4, -0.2) is 38.0 Å². The third-order valence-electron chi connectivity index (χ3n) is 3.80. The summed E-state index contributed by atoms with van der Waals surface area (Å²) in [7, 11) is 0. The van der Waals surface area contributed by atoms with E-state index in [1.807, 2.05) is 40.8 Å². The predicted octanol–water partition coefficient (Wildman–Crippen LogP) is 2.41. The van der Waals surface area contributed by atoms with Crippen LogP contribution in [0, 0.1) is 0 Å². The van der Waals surface area contributed by atoms with E-state index in [1.54, 1.807) is 18.2 Å². The lowest BCUT2D eigenvalue weighted by molar-refractivity contribution is -0.113. The van der Waals surface area contributed by atoms with Gasteiger partial charge in [0, 0.05) is 30.6 Å². The minimum absolute atomic E-state index is 0.131. The van der Waals surface area contributed by atoms with Gasteiger partial charge in [-0.15, -0.1) is 10.2 Å². The highest BCUT2D eigenvalue weighted by molar-refractivity contribution is 7.99. The fraction of sp³-hybridized carbons (Fsp3) is 0.235. The molecule has 0 bridgehead atoms. The number of aryl methyl sites for hydroxylation is 1. The minimum atomic E-state index is -0.131. The topological polar surface area (TPSA) is 83.2 Å². The quantitative estimate of drug-likeness (QED) is 0.670. The Morgan fingerprint density at radius 1 is 1.23 bits per heavy atom. The number of anilines is 1. The maximum absolute atomic E-state index is 12.3. The van der Waals surface area contributed by atoms with Crippen LogP contribution in [0.4, 0.5) is 5.69 Å². The highest BCUT2D eigenvalue weighted by Gasteiger charge is 2.16. The monoisotopic (exact) mass is 371 g/mol. The maximum Gasteiger partial charge on any atom is 0.234 e. The summed E-state index contributed by atoms with van der Waals surface area (Å²) in [5.74, 6) is 2.24. The molecule has 8 nitrogen and oxygen atoms in total. The number of nitrogens with one attached hydrogen (secondary N) is 1. The van der Waals surface area contributed by atoms with Crippen LogP contribution in [0.5, 0.6) is 11.5 Å². The number of carbonyl (C=O) groups excluding carboxylic acids is 1. The largest absolute Gasteiger partial charge is 0.454 e. The molecule has 0 unspecified atom stereocenters. The molecule has 9 heteroatoms. The van der Waals surface area contributed by atoms with E-state index in [1.165, 1.54) is 11.8 Å². The van der Waals surface area contributed by atoms with Gasteiger partial charge < -0.3 is 14.8 Å². The summed E-state index contributed by atoms with van der Waals surface area (Å²) in [4.78, 5) is 12.3. The Labute approximate surface area is 154 Å². The first-order valence-corrected chi connectivity index (χ1v) is 9.13. The summed E-state index contributed by atoms with van der Waals surface area (Å²) in [5.41, 5.74) is 0.668. The molecule has 134 valence electrons. The van der Waals surface area contributed by atoms with Crippen LogP contribution in [-0.2, 0) is 11.2 Å². The lowest BCUT2D eigenvalue weighted by Crippen LogP contribution is -2.16. The molecule has 1 aliphatic rings. The number of hydrogen-bond donors (Lipinski definition) is 1. The molecular formula is C17H17N5O3S. The van der Waals surface area contributed by atoms with Crippen molar-refractivity contribution < 1.29 is 14.3 Å². The van der Waals surface area contributed by atoms with Gasteiger partial charge in [0.2, 0.25) is 17.9 Å². The van der Waals surface area contributed by atoms with Gasteiger partial charge in [0.1, 0.15) is 0 Å². The Morgan fingerprint density at radius 2 is 2.04 bits per heavy atom. The molecule has 0 aliphatic carbocycles. The number of fused-ring (bicyclic) bond motifs is 1. The highest BCUT2D eigenvalue weighted by Crippen LogP contribution is 2.34. The molecule has 26 heavy (non-hydrogen) atoms. The molecule has 0 spiro atoms. The minimum Gasteiger partial charge on any atom is -0.454 e. The van der Waals surface area contributed by atoms with Crippen LogP contribution in [0.25, 0.3) is 0 Å². The Hall–Kier alpha value is -2.94. The number of hydrogen-bond acceptors (Lipinski definition) is 6. The summed E-state index contributed by atoms with van der Waals surface area (Å²) >= 11 is 1.33.